The van der Waals surface area contributed by atoms with Crippen LogP contribution in [0.25, 0.3) is 0 Å². The van der Waals surface area contributed by atoms with Crippen molar-refractivity contribution in [2.45, 2.75) is 18.7 Å². The molecule has 2 aliphatic heterocycles. The SMILES string of the molecule is Cn1ccnc1CN1C(=O)COC2CN(C(=O)c3cccnc3)CC21. The summed E-state index contributed by atoms with van der Waals surface area (Å²) in [4.78, 5) is 36.8. The Hall–Kier alpha value is -2.74. The van der Waals surface area contributed by atoms with Crippen LogP contribution < -0.4 is 0 Å². The van der Waals surface area contributed by atoms with E-state index >= 15 is 0 Å². The number of fused-ring (bicyclic) bond motifs is 1. The normalized spacial score (nSPS) is 23.0. The number of aromatic nitrogens is 3. The molecule has 130 valence electrons. The molecule has 4 rings (SSSR count). The van der Waals surface area contributed by atoms with Crippen LogP contribution in [0, 0.1) is 0 Å². The van der Waals surface area contributed by atoms with E-state index in [1.807, 2.05) is 17.8 Å². The first-order valence-corrected chi connectivity index (χ1v) is 8.20. The van der Waals surface area contributed by atoms with Gasteiger partial charge in [-0.25, -0.2) is 4.98 Å². The Bertz CT molecular complexity index is 791. The Morgan fingerprint density at radius 1 is 1.36 bits per heavy atom. The Balaban J connectivity index is 1.53. The summed E-state index contributed by atoms with van der Waals surface area (Å²) in [7, 11) is 1.90. The molecule has 2 fully saturated rings. The molecule has 8 heteroatoms. The fourth-order valence-electron chi connectivity index (χ4n) is 3.41. The molecular formula is C17H19N5O3. The molecule has 2 unspecified atom stereocenters. The first-order valence-electron chi connectivity index (χ1n) is 8.20. The summed E-state index contributed by atoms with van der Waals surface area (Å²) in [6.07, 6.45) is 6.59. The van der Waals surface area contributed by atoms with Crippen molar-refractivity contribution in [2.75, 3.05) is 19.7 Å². The van der Waals surface area contributed by atoms with Crippen LogP contribution in [0.1, 0.15) is 16.2 Å². The van der Waals surface area contributed by atoms with E-state index < -0.39 is 0 Å². The zero-order valence-electron chi connectivity index (χ0n) is 13.9. The number of carbonyl (C=O) groups is 2. The fraction of sp³-hybridized carbons (Fsp3) is 0.412. The summed E-state index contributed by atoms with van der Waals surface area (Å²) < 4.78 is 7.58. The van der Waals surface area contributed by atoms with Gasteiger partial charge in [0.25, 0.3) is 5.91 Å². The molecule has 0 saturated carbocycles. The van der Waals surface area contributed by atoms with Crippen molar-refractivity contribution in [1.82, 2.24) is 24.3 Å². The van der Waals surface area contributed by atoms with Crippen molar-refractivity contribution in [3.8, 4) is 0 Å². The summed E-state index contributed by atoms with van der Waals surface area (Å²) in [5, 5.41) is 0. The predicted octanol–water partition coefficient (Wildman–Crippen LogP) is 0.0671. The summed E-state index contributed by atoms with van der Waals surface area (Å²) in [5.74, 6) is 0.654. The molecule has 4 heterocycles. The number of likely N-dealkylation sites (tertiary alicyclic amines) is 1. The van der Waals surface area contributed by atoms with Crippen molar-refractivity contribution in [2.24, 2.45) is 7.05 Å². The van der Waals surface area contributed by atoms with E-state index in [0.29, 0.717) is 25.2 Å². The molecular weight excluding hydrogens is 322 g/mol. The minimum Gasteiger partial charge on any atom is -0.364 e. The third kappa shape index (κ3) is 2.89. The summed E-state index contributed by atoms with van der Waals surface area (Å²) in [6, 6.07) is 3.33. The number of aryl methyl sites for hydroxylation is 1. The molecule has 2 saturated heterocycles. The predicted molar refractivity (Wildman–Crippen MR) is 87.4 cm³/mol. The van der Waals surface area contributed by atoms with Gasteiger partial charge < -0.3 is 19.1 Å². The van der Waals surface area contributed by atoms with Gasteiger partial charge >= 0.3 is 0 Å². The average molecular weight is 341 g/mol. The van der Waals surface area contributed by atoms with Gasteiger partial charge in [0.1, 0.15) is 12.4 Å². The molecule has 8 nitrogen and oxygen atoms in total. The molecule has 0 bridgehead atoms. The highest BCUT2D eigenvalue weighted by molar-refractivity contribution is 5.94. The molecule has 0 aromatic carbocycles. The quantitative estimate of drug-likeness (QED) is 0.789. The van der Waals surface area contributed by atoms with Crippen LogP contribution >= 0.6 is 0 Å². The van der Waals surface area contributed by atoms with Gasteiger partial charge in [-0.15, -0.1) is 0 Å². The lowest BCUT2D eigenvalue weighted by atomic mass is 10.1. The number of pyridine rings is 1. The number of morpholine rings is 1. The zero-order valence-corrected chi connectivity index (χ0v) is 13.9. The smallest absolute Gasteiger partial charge is 0.255 e. The van der Waals surface area contributed by atoms with Gasteiger partial charge in [0.05, 0.1) is 24.3 Å². The van der Waals surface area contributed by atoms with Crippen molar-refractivity contribution < 1.29 is 14.3 Å². The third-order valence-corrected chi connectivity index (χ3v) is 4.81. The van der Waals surface area contributed by atoms with Crippen molar-refractivity contribution in [3.05, 3.63) is 48.3 Å². The van der Waals surface area contributed by atoms with Crippen LogP contribution in [0.4, 0.5) is 0 Å². The van der Waals surface area contributed by atoms with Gasteiger partial charge in [0, 0.05) is 44.9 Å². The number of hydrogen-bond acceptors (Lipinski definition) is 5. The monoisotopic (exact) mass is 341 g/mol. The van der Waals surface area contributed by atoms with E-state index in [1.54, 1.807) is 40.5 Å². The second-order valence-electron chi connectivity index (χ2n) is 6.34. The maximum Gasteiger partial charge on any atom is 0.255 e. The van der Waals surface area contributed by atoms with Gasteiger partial charge in [-0.3, -0.25) is 14.6 Å². The Morgan fingerprint density at radius 2 is 2.24 bits per heavy atom. The number of carbonyl (C=O) groups excluding carboxylic acids is 2. The third-order valence-electron chi connectivity index (χ3n) is 4.81. The summed E-state index contributed by atoms with van der Waals surface area (Å²) >= 11 is 0. The maximum atomic E-state index is 12.7. The highest BCUT2D eigenvalue weighted by Crippen LogP contribution is 2.26. The van der Waals surface area contributed by atoms with Crippen LogP contribution in [0.3, 0.4) is 0 Å². The average Bonchev–Trinajstić information content (AvgIpc) is 3.24. The molecule has 0 spiro atoms. The van der Waals surface area contributed by atoms with Crippen LogP contribution in [-0.2, 0) is 23.1 Å². The summed E-state index contributed by atoms with van der Waals surface area (Å²) in [5.41, 5.74) is 0.545. The number of nitrogens with zero attached hydrogens (tertiary/aromatic N) is 5. The molecule has 0 N–H and O–H groups in total. The molecule has 0 radical (unpaired) electrons. The lowest BCUT2D eigenvalue weighted by molar-refractivity contribution is -0.154. The standard InChI is InChI=1S/C17H19N5O3/c1-20-6-5-19-15(20)10-22-13-8-21(9-14(13)25-11-16(22)23)17(24)12-3-2-4-18-7-12/h2-7,13-14H,8-11H2,1H3. The van der Waals surface area contributed by atoms with Crippen LogP contribution in [-0.4, -0.2) is 68.0 Å². The van der Waals surface area contributed by atoms with E-state index in [9.17, 15) is 9.59 Å². The number of rotatable bonds is 3. The first-order chi connectivity index (χ1) is 12.1. The second-order valence-corrected chi connectivity index (χ2v) is 6.34. The van der Waals surface area contributed by atoms with Gasteiger partial charge in [-0.1, -0.05) is 0 Å². The van der Waals surface area contributed by atoms with E-state index in [1.165, 1.54) is 0 Å². The minimum absolute atomic E-state index is 0.0422. The van der Waals surface area contributed by atoms with E-state index in [2.05, 4.69) is 9.97 Å². The van der Waals surface area contributed by atoms with Gasteiger partial charge in [-0.2, -0.15) is 0 Å². The van der Waals surface area contributed by atoms with Crippen LogP contribution in [0.2, 0.25) is 0 Å². The van der Waals surface area contributed by atoms with Crippen LogP contribution in [0.15, 0.2) is 36.9 Å². The zero-order chi connectivity index (χ0) is 17.4. The Kier molecular flexibility index (Phi) is 3.96. The van der Waals surface area contributed by atoms with E-state index in [0.717, 1.165) is 5.82 Å². The lowest BCUT2D eigenvalue weighted by Crippen LogP contribution is -2.53. The summed E-state index contributed by atoms with van der Waals surface area (Å²) in [6.45, 7) is 1.39. The molecule has 2 aromatic heterocycles. The number of ether oxygens (including phenoxy) is 1. The number of amides is 2. The van der Waals surface area contributed by atoms with Crippen molar-refractivity contribution in [3.63, 3.8) is 0 Å². The molecule has 2 atom stereocenters. The van der Waals surface area contributed by atoms with E-state index in [-0.39, 0.29) is 30.6 Å². The van der Waals surface area contributed by atoms with Gasteiger partial charge in [-0.05, 0) is 12.1 Å². The van der Waals surface area contributed by atoms with Crippen molar-refractivity contribution in [1.29, 1.82) is 0 Å². The largest absolute Gasteiger partial charge is 0.364 e. The fourth-order valence-corrected chi connectivity index (χ4v) is 3.41. The highest BCUT2D eigenvalue weighted by Gasteiger charge is 2.45. The molecule has 2 aliphatic rings. The van der Waals surface area contributed by atoms with E-state index in [4.69, 9.17) is 4.74 Å². The number of hydrogen-bond donors (Lipinski definition) is 0. The molecule has 2 amide bonds. The van der Waals surface area contributed by atoms with Gasteiger partial charge in [0.2, 0.25) is 5.91 Å². The Morgan fingerprint density at radius 3 is 2.96 bits per heavy atom. The first kappa shape index (κ1) is 15.8. The lowest BCUT2D eigenvalue weighted by Gasteiger charge is -2.36. The highest BCUT2D eigenvalue weighted by atomic mass is 16.5. The van der Waals surface area contributed by atoms with Gasteiger partial charge in [0.15, 0.2) is 0 Å². The molecule has 0 aliphatic carbocycles. The molecule has 25 heavy (non-hydrogen) atoms. The number of imidazole rings is 1. The Labute approximate surface area is 145 Å². The maximum absolute atomic E-state index is 12.7. The van der Waals surface area contributed by atoms with Crippen molar-refractivity contribution >= 4 is 11.8 Å². The second kappa shape index (κ2) is 6.29. The van der Waals surface area contributed by atoms with Crippen LogP contribution in [0.5, 0.6) is 0 Å². The topological polar surface area (TPSA) is 80.6 Å². The minimum atomic E-state index is -0.168. The molecule has 2 aromatic rings.